The molecule has 0 aliphatic carbocycles. The summed E-state index contributed by atoms with van der Waals surface area (Å²) < 4.78 is 1.96. The number of nitrogens with one attached hydrogen (secondary N) is 1. The molecule has 2 aromatic heterocycles. The van der Waals surface area contributed by atoms with Crippen LogP contribution in [0.3, 0.4) is 0 Å². The molecule has 0 radical (unpaired) electrons. The van der Waals surface area contributed by atoms with Crippen molar-refractivity contribution in [3.63, 3.8) is 0 Å². The van der Waals surface area contributed by atoms with Crippen molar-refractivity contribution in [1.82, 2.24) is 20.1 Å². The van der Waals surface area contributed by atoms with E-state index in [0.717, 1.165) is 24.4 Å². The summed E-state index contributed by atoms with van der Waals surface area (Å²) in [6.07, 6.45) is 4.07. The fraction of sp³-hybridized carbons (Fsp3) is 0.357. The van der Waals surface area contributed by atoms with Gasteiger partial charge < -0.3 is 5.32 Å². The Morgan fingerprint density at radius 1 is 1.42 bits per heavy atom. The average molecular weight is 258 g/mol. The van der Waals surface area contributed by atoms with E-state index in [-0.39, 0.29) is 5.91 Å². The third kappa shape index (κ3) is 3.64. The molecular weight excluding hydrogens is 240 g/mol. The molecule has 5 heteroatoms. The maximum Gasteiger partial charge on any atom is 0.252 e. The minimum atomic E-state index is -0.0820. The molecule has 0 saturated heterocycles. The van der Waals surface area contributed by atoms with E-state index in [4.69, 9.17) is 0 Å². The number of pyridine rings is 1. The molecule has 0 spiro atoms. The predicted molar refractivity (Wildman–Crippen MR) is 72.9 cm³/mol. The molecule has 2 heterocycles. The third-order valence-electron chi connectivity index (χ3n) is 2.86. The van der Waals surface area contributed by atoms with Crippen molar-refractivity contribution in [2.75, 3.05) is 6.54 Å². The number of rotatable bonds is 5. The van der Waals surface area contributed by atoms with Crippen LogP contribution in [0.2, 0.25) is 0 Å². The van der Waals surface area contributed by atoms with Gasteiger partial charge >= 0.3 is 0 Å². The van der Waals surface area contributed by atoms with Crippen molar-refractivity contribution in [2.24, 2.45) is 0 Å². The van der Waals surface area contributed by atoms with Crippen LogP contribution in [0.15, 0.2) is 30.6 Å². The first-order chi connectivity index (χ1) is 9.16. The summed E-state index contributed by atoms with van der Waals surface area (Å²) in [5.41, 5.74) is 2.77. The van der Waals surface area contributed by atoms with Gasteiger partial charge in [-0.1, -0.05) is 0 Å². The molecule has 2 aromatic rings. The Morgan fingerprint density at radius 3 is 2.89 bits per heavy atom. The summed E-state index contributed by atoms with van der Waals surface area (Å²) in [5.74, 6) is -0.0820. The topological polar surface area (TPSA) is 59.8 Å². The van der Waals surface area contributed by atoms with Crippen LogP contribution in [-0.2, 0) is 6.54 Å². The summed E-state index contributed by atoms with van der Waals surface area (Å²) in [6.45, 7) is 5.46. The number of hydrogen-bond acceptors (Lipinski definition) is 3. The largest absolute Gasteiger partial charge is 0.352 e. The van der Waals surface area contributed by atoms with E-state index in [9.17, 15) is 4.79 Å². The fourth-order valence-corrected chi connectivity index (χ4v) is 1.93. The van der Waals surface area contributed by atoms with Crippen molar-refractivity contribution in [3.05, 3.63) is 47.5 Å². The molecule has 0 aliphatic rings. The number of hydrogen-bond donors (Lipinski definition) is 1. The monoisotopic (exact) mass is 258 g/mol. The highest BCUT2D eigenvalue weighted by Gasteiger charge is 2.04. The molecule has 1 amide bonds. The van der Waals surface area contributed by atoms with Crippen LogP contribution in [0.4, 0.5) is 0 Å². The summed E-state index contributed by atoms with van der Waals surface area (Å²) in [4.78, 5) is 15.7. The number of carbonyl (C=O) groups is 1. The Bertz CT molecular complexity index is 548. The van der Waals surface area contributed by atoms with Gasteiger partial charge in [0, 0.05) is 31.2 Å². The van der Waals surface area contributed by atoms with Gasteiger partial charge in [0.25, 0.3) is 5.91 Å². The lowest BCUT2D eigenvalue weighted by Crippen LogP contribution is -2.25. The summed E-state index contributed by atoms with van der Waals surface area (Å²) >= 11 is 0. The van der Waals surface area contributed by atoms with Crippen LogP contribution in [0.25, 0.3) is 0 Å². The zero-order valence-corrected chi connectivity index (χ0v) is 11.3. The number of nitrogens with zero attached hydrogens (tertiary/aromatic N) is 3. The number of amides is 1. The lowest BCUT2D eigenvalue weighted by molar-refractivity contribution is 0.0952. The zero-order chi connectivity index (χ0) is 13.7. The first kappa shape index (κ1) is 13.3. The van der Waals surface area contributed by atoms with Gasteiger partial charge in [-0.05, 0) is 38.5 Å². The maximum atomic E-state index is 11.8. The predicted octanol–water partition coefficient (Wildman–Crippen LogP) is 1.72. The minimum Gasteiger partial charge on any atom is -0.352 e. The molecule has 0 saturated carbocycles. The van der Waals surface area contributed by atoms with E-state index in [2.05, 4.69) is 15.4 Å². The van der Waals surface area contributed by atoms with Crippen LogP contribution in [-0.4, -0.2) is 27.2 Å². The van der Waals surface area contributed by atoms with Crippen molar-refractivity contribution < 1.29 is 4.79 Å². The number of aromatic nitrogens is 3. The Balaban J connectivity index is 1.75. The molecule has 0 bridgehead atoms. The van der Waals surface area contributed by atoms with Gasteiger partial charge in [-0.25, -0.2) is 0 Å². The summed E-state index contributed by atoms with van der Waals surface area (Å²) in [7, 11) is 0. The smallest absolute Gasteiger partial charge is 0.252 e. The lowest BCUT2D eigenvalue weighted by Gasteiger charge is -2.06. The molecule has 100 valence electrons. The lowest BCUT2D eigenvalue weighted by atomic mass is 10.2. The molecular formula is C14H18N4O. The van der Waals surface area contributed by atoms with Crippen LogP contribution in [0.5, 0.6) is 0 Å². The highest BCUT2D eigenvalue weighted by molar-refractivity contribution is 5.93. The van der Waals surface area contributed by atoms with E-state index < -0.39 is 0 Å². The van der Waals surface area contributed by atoms with Gasteiger partial charge in [0.2, 0.25) is 0 Å². The van der Waals surface area contributed by atoms with Crippen LogP contribution in [0.1, 0.15) is 28.2 Å². The maximum absolute atomic E-state index is 11.8. The third-order valence-corrected chi connectivity index (χ3v) is 2.86. The molecule has 0 atom stereocenters. The van der Waals surface area contributed by atoms with E-state index in [1.54, 1.807) is 24.5 Å². The highest BCUT2D eigenvalue weighted by Crippen LogP contribution is 2.02. The van der Waals surface area contributed by atoms with Crippen LogP contribution in [0, 0.1) is 13.8 Å². The van der Waals surface area contributed by atoms with E-state index >= 15 is 0 Å². The van der Waals surface area contributed by atoms with Gasteiger partial charge in [0.1, 0.15) is 0 Å². The van der Waals surface area contributed by atoms with Crippen LogP contribution >= 0.6 is 0 Å². The Kier molecular flexibility index (Phi) is 4.28. The second kappa shape index (κ2) is 6.13. The van der Waals surface area contributed by atoms with Gasteiger partial charge in [0.15, 0.2) is 0 Å². The van der Waals surface area contributed by atoms with Crippen molar-refractivity contribution >= 4 is 5.91 Å². The van der Waals surface area contributed by atoms with Gasteiger partial charge in [-0.3, -0.25) is 14.5 Å². The quantitative estimate of drug-likeness (QED) is 0.831. The van der Waals surface area contributed by atoms with Crippen LogP contribution < -0.4 is 5.32 Å². The fourth-order valence-electron chi connectivity index (χ4n) is 1.93. The Hall–Kier alpha value is -2.17. The standard InChI is InChI=1S/C14H18N4O/c1-11-9-12(2)18(17-11)8-4-7-16-14(19)13-5-3-6-15-10-13/h3,5-6,9-10H,4,7-8H2,1-2H3,(H,16,19). The first-order valence-electron chi connectivity index (χ1n) is 6.36. The first-order valence-corrected chi connectivity index (χ1v) is 6.36. The van der Waals surface area contributed by atoms with E-state index in [1.165, 1.54) is 0 Å². The van der Waals surface area contributed by atoms with Crippen molar-refractivity contribution in [1.29, 1.82) is 0 Å². The molecule has 2 rings (SSSR count). The molecule has 0 aromatic carbocycles. The van der Waals surface area contributed by atoms with Gasteiger partial charge in [-0.15, -0.1) is 0 Å². The molecule has 0 unspecified atom stereocenters. The number of aryl methyl sites for hydroxylation is 3. The molecule has 0 aliphatic heterocycles. The van der Waals surface area contributed by atoms with Crippen molar-refractivity contribution in [2.45, 2.75) is 26.8 Å². The molecule has 19 heavy (non-hydrogen) atoms. The molecule has 1 N–H and O–H groups in total. The second-order valence-electron chi connectivity index (χ2n) is 4.50. The summed E-state index contributed by atoms with van der Waals surface area (Å²) in [5, 5.41) is 7.25. The average Bonchev–Trinajstić information content (AvgIpc) is 2.74. The SMILES string of the molecule is Cc1cc(C)n(CCCNC(=O)c2cccnc2)n1. The zero-order valence-electron chi connectivity index (χ0n) is 11.3. The van der Waals surface area contributed by atoms with Gasteiger partial charge in [-0.2, -0.15) is 5.10 Å². The minimum absolute atomic E-state index is 0.0820. The summed E-state index contributed by atoms with van der Waals surface area (Å²) in [6, 6.07) is 5.56. The Morgan fingerprint density at radius 2 is 2.26 bits per heavy atom. The molecule has 0 fully saturated rings. The normalized spacial score (nSPS) is 10.4. The second-order valence-corrected chi connectivity index (χ2v) is 4.50. The molecule has 5 nitrogen and oxygen atoms in total. The number of carbonyl (C=O) groups excluding carboxylic acids is 1. The van der Waals surface area contributed by atoms with Gasteiger partial charge in [0.05, 0.1) is 11.3 Å². The van der Waals surface area contributed by atoms with E-state index in [1.807, 2.05) is 24.6 Å². The highest BCUT2D eigenvalue weighted by atomic mass is 16.1. The van der Waals surface area contributed by atoms with Crippen molar-refractivity contribution in [3.8, 4) is 0 Å². The van der Waals surface area contributed by atoms with E-state index in [0.29, 0.717) is 12.1 Å². The Labute approximate surface area is 112 Å².